The van der Waals surface area contributed by atoms with E-state index in [1.54, 1.807) is 18.2 Å². The van der Waals surface area contributed by atoms with E-state index in [1.165, 1.54) is 0 Å². The first-order valence-electron chi connectivity index (χ1n) is 6.35. The highest BCUT2D eigenvalue weighted by molar-refractivity contribution is 9.10. The zero-order valence-corrected chi connectivity index (χ0v) is 12.5. The summed E-state index contributed by atoms with van der Waals surface area (Å²) in [6.07, 6.45) is 1.60. The van der Waals surface area contributed by atoms with Crippen molar-refractivity contribution in [2.24, 2.45) is 5.73 Å². The van der Waals surface area contributed by atoms with Gasteiger partial charge in [-0.2, -0.15) is 0 Å². The summed E-state index contributed by atoms with van der Waals surface area (Å²) in [5.74, 6) is -0.549. The van der Waals surface area contributed by atoms with Crippen molar-refractivity contribution in [3.05, 3.63) is 22.7 Å². The molecule has 0 aliphatic carbocycles. The maximum absolute atomic E-state index is 12.0. The van der Waals surface area contributed by atoms with Crippen LogP contribution in [-0.4, -0.2) is 35.8 Å². The predicted octanol–water partition coefficient (Wildman–Crippen LogP) is 0.919. The first-order valence-corrected chi connectivity index (χ1v) is 7.15. The second-order valence-electron chi connectivity index (χ2n) is 4.82. The lowest BCUT2D eigenvalue weighted by Crippen LogP contribution is -2.43. The summed E-state index contributed by atoms with van der Waals surface area (Å²) in [4.78, 5) is 25.1. The Morgan fingerprint density at radius 2 is 2.20 bits per heavy atom. The average Bonchev–Trinajstić information content (AvgIpc) is 2.81. The van der Waals surface area contributed by atoms with E-state index in [2.05, 4.69) is 21.2 Å². The van der Waals surface area contributed by atoms with Crippen molar-refractivity contribution in [1.29, 1.82) is 0 Å². The molecule has 0 saturated carbocycles. The molecule has 1 aliphatic rings. The Morgan fingerprint density at radius 1 is 1.45 bits per heavy atom. The number of rotatable bonds is 4. The van der Waals surface area contributed by atoms with Crippen LogP contribution in [0.4, 0.5) is 11.4 Å². The standard InChI is InChI=1S/C13H17BrN4O2/c14-9-6-8(15)3-4-10(9)17-12(19)7-18-5-1-2-11(18)13(16)20/h3-4,6,11H,1-2,5,7,15H2,(H2,16,20)(H,17,19). The van der Waals surface area contributed by atoms with Crippen molar-refractivity contribution in [2.75, 3.05) is 24.1 Å². The van der Waals surface area contributed by atoms with Gasteiger partial charge in [-0.15, -0.1) is 0 Å². The smallest absolute Gasteiger partial charge is 0.238 e. The first-order chi connectivity index (χ1) is 9.47. The van der Waals surface area contributed by atoms with Crippen molar-refractivity contribution in [2.45, 2.75) is 18.9 Å². The number of hydrogen-bond donors (Lipinski definition) is 3. The molecule has 1 aromatic carbocycles. The quantitative estimate of drug-likeness (QED) is 0.709. The summed E-state index contributed by atoms with van der Waals surface area (Å²) >= 11 is 3.34. The fourth-order valence-corrected chi connectivity index (χ4v) is 2.84. The van der Waals surface area contributed by atoms with Gasteiger partial charge in [0.15, 0.2) is 0 Å². The Morgan fingerprint density at radius 3 is 2.85 bits per heavy atom. The topological polar surface area (TPSA) is 101 Å². The van der Waals surface area contributed by atoms with Gasteiger partial charge in [-0.1, -0.05) is 0 Å². The van der Waals surface area contributed by atoms with Crippen molar-refractivity contribution in [3.8, 4) is 0 Å². The molecule has 1 unspecified atom stereocenters. The summed E-state index contributed by atoms with van der Waals surface area (Å²) in [5, 5.41) is 2.79. The lowest BCUT2D eigenvalue weighted by atomic mass is 10.2. The summed E-state index contributed by atoms with van der Waals surface area (Å²) in [5.41, 5.74) is 12.2. The number of carbonyl (C=O) groups is 2. The molecule has 1 fully saturated rings. The van der Waals surface area contributed by atoms with Crippen LogP contribution in [0.2, 0.25) is 0 Å². The molecule has 108 valence electrons. The molecule has 1 aliphatic heterocycles. The lowest BCUT2D eigenvalue weighted by molar-refractivity contribution is -0.123. The van der Waals surface area contributed by atoms with E-state index in [-0.39, 0.29) is 24.4 Å². The zero-order chi connectivity index (χ0) is 14.7. The molecule has 20 heavy (non-hydrogen) atoms. The molecule has 0 aromatic heterocycles. The van der Waals surface area contributed by atoms with Gasteiger partial charge in [-0.3, -0.25) is 14.5 Å². The minimum atomic E-state index is -0.371. The second kappa shape index (κ2) is 6.23. The van der Waals surface area contributed by atoms with Crippen LogP contribution in [0.1, 0.15) is 12.8 Å². The molecule has 5 N–H and O–H groups in total. The van der Waals surface area contributed by atoms with Crippen LogP contribution in [0.5, 0.6) is 0 Å². The normalized spacial score (nSPS) is 18.9. The summed E-state index contributed by atoms with van der Waals surface area (Å²) in [6.45, 7) is 0.869. The molecule has 0 bridgehead atoms. The van der Waals surface area contributed by atoms with E-state index in [4.69, 9.17) is 11.5 Å². The van der Waals surface area contributed by atoms with Gasteiger partial charge >= 0.3 is 0 Å². The fourth-order valence-electron chi connectivity index (χ4n) is 2.34. The van der Waals surface area contributed by atoms with Gasteiger partial charge in [0.05, 0.1) is 18.3 Å². The van der Waals surface area contributed by atoms with Crippen LogP contribution in [0.15, 0.2) is 22.7 Å². The number of benzene rings is 1. The number of halogens is 1. The van der Waals surface area contributed by atoms with Gasteiger partial charge in [0.25, 0.3) is 0 Å². The average molecular weight is 341 g/mol. The van der Waals surface area contributed by atoms with Crippen molar-refractivity contribution in [3.63, 3.8) is 0 Å². The summed E-state index contributed by atoms with van der Waals surface area (Å²) in [6, 6.07) is 4.82. The Hall–Kier alpha value is -1.60. The molecule has 1 aromatic rings. The number of nitrogens with two attached hydrogens (primary N) is 2. The number of carbonyl (C=O) groups excluding carboxylic acids is 2. The molecule has 0 radical (unpaired) electrons. The minimum absolute atomic E-state index is 0.157. The number of likely N-dealkylation sites (tertiary alicyclic amines) is 1. The molecule has 2 amide bonds. The largest absolute Gasteiger partial charge is 0.399 e. The second-order valence-corrected chi connectivity index (χ2v) is 5.67. The van der Waals surface area contributed by atoms with Crippen LogP contribution in [0, 0.1) is 0 Å². The Balaban J connectivity index is 1.97. The molecular weight excluding hydrogens is 324 g/mol. The van der Waals surface area contributed by atoms with Gasteiger partial charge in [-0.25, -0.2) is 0 Å². The van der Waals surface area contributed by atoms with Crippen molar-refractivity contribution >= 4 is 39.1 Å². The first kappa shape index (κ1) is 14.8. The Bertz CT molecular complexity index is 535. The summed E-state index contributed by atoms with van der Waals surface area (Å²) in [7, 11) is 0. The van der Waals surface area contributed by atoms with Crippen LogP contribution in [-0.2, 0) is 9.59 Å². The monoisotopic (exact) mass is 340 g/mol. The molecule has 1 saturated heterocycles. The highest BCUT2D eigenvalue weighted by atomic mass is 79.9. The molecule has 1 atom stereocenters. The highest BCUT2D eigenvalue weighted by Gasteiger charge is 2.30. The fraction of sp³-hybridized carbons (Fsp3) is 0.385. The summed E-state index contributed by atoms with van der Waals surface area (Å²) < 4.78 is 0.721. The molecule has 1 heterocycles. The Kier molecular flexibility index (Phi) is 4.61. The van der Waals surface area contributed by atoms with Gasteiger partial charge in [-0.05, 0) is 53.5 Å². The van der Waals surface area contributed by atoms with E-state index >= 15 is 0 Å². The number of primary amides is 1. The maximum Gasteiger partial charge on any atom is 0.238 e. The number of amides is 2. The van der Waals surface area contributed by atoms with Crippen LogP contribution in [0.3, 0.4) is 0 Å². The van der Waals surface area contributed by atoms with Crippen LogP contribution < -0.4 is 16.8 Å². The number of nitrogens with one attached hydrogen (secondary N) is 1. The molecule has 6 nitrogen and oxygen atoms in total. The van der Waals surface area contributed by atoms with Gasteiger partial charge in [0, 0.05) is 10.2 Å². The van der Waals surface area contributed by atoms with Gasteiger partial charge < -0.3 is 16.8 Å². The van der Waals surface area contributed by atoms with Crippen molar-refractivity contribution < 1.29 is 9.59 Å². The minimum Gasteiger partial charge on any atom is -0.399 e. The van der Waals surface area contributed by atoms with Crippen LogP contribution >= 0.6 is 15.9 Å². The van der Waals surface area contributed by atoms with Crippen molar-refractivity contribution in [1.82, 2.24) is 4.90 Å². The molecule has 0 spiro atoms. The van der Waals surface area contributed by atoms with E-state index in [1.807, 2.05) is 4.90 Å². The van der Waals surface area contributed by atoms with E-state index < -0.39 is 0 Å². The third-order valence-corrected chi connectivity index (χ3v) is 3.96. The third-order valence-electron chi connectivity index (χ3n) is 3.31. The third kappa shape index (κ3) is 3.49. The van der Waals surface area contributed by atoms with E-state index in [0.717, 1.165) is 10.9 Å². The number of hydrogen-bond acceptors (Lipinski definition) is 4. The predicted molar refractivity (Wildman–Crippen MR) is 81.0 cm³/mol. The van der Waals surface area contributed by atoms with Gasteiger partial charge in [0.2, 0.25) is 11.8 Å². The van der Waals surface area contributed by atoms with E-state index in [9.17, 15) is 9.59 Å². The molecular formula is C13H17BrN4O2. The number of anilines is 2. The lowest BCUT2D eigenvalue weighted by Gasteiger charge is -2.21. The van der Waals surface area contributed by atoms with Gasteiger partial charge in [0.1, 0.15) is 0 Å². The molecule has 2 rings (SSSR count). The zero-order valence-electron chi connectivity index (χ0n) is 10.9. The van der Waals surface area contributed by atoms with E-state index in [0.29, 0.717) is 24.3 Å². The van der Waals surface area contributed by atoms with Crippen LogP contribution in [0.25, 0.3) is 0 Å². The maximum atomic E-state index is 12.0. The number of nitrogen functional groups attached to an aromatic ring is 1. The molecule has 7 heteroatoms. The number of nitrogens with zero attached hydrogens (tertiary/aromatic N) is 1. The Labute approximate surface area is 125 Å². The highest BCUT2D eigenvalue weighted by Crippen LogP contribution is 2.25. The SMILES string of the molecule is NC(=O)C1CCCN1CC(=O)Nc1ccc(N)cc1Br.